The lowest BCUT2D eigenvalue weighted by molar-refractivity contribution is -0.131. The van der Waals surface area contributed by atoms with Crippen LogP contribution in [0.4, 0.5) is 5.69 Å². The van der Waals surface area contributed by atoms with Gasteiger partial charge in [0.15, 0.2) is 0 Å². The van der Waals surface area contributed by atoms with Crippen molar-refractivity contribution in [1.82, 2.24) is 0 Å². The van der Waals surface area contributed by atoms with Crippen molar-refractivity contribution in [2.75, 3.05) is 19.0 Å². The van der Waals surface area contributed by atoms with Gasteiger partial charge in [0.25, 0.3) is 0 Å². The number of hydrogen-bond acceptors (Lipinski definition) is 4. The normalized spacial score (nSPS) is 12.3. The van der Waals surface area contributed by atoms with Crippen molar-refractivity contribution in [2.24, 2.45) is 5.73 Å². The molecule has 1 atom stereocenters. The second-order valence-electron chi connectivity index (χ2n) is 4.52. The lowest BCUT2D eigenvalue weighted by Gasteiger charge is -2.12. The van der Waals surface area contributed by atoms with Crippen molar-refractivity contribution in [3.05, 3.63) is 35.9 Å². The van der Waals surface area contributed by atoms with E-state index in [1.165, 1.54) is 6.08 Å². The minimum absolute atomic E-state index is 0.250. The van der Waals surface area contributed by atoms with Crippen LogP contribution in [0.15, 0.2) is 30.3 Å². The van der Waals surface area contributed by atoms with Crippen LogP contribution in [0.3, 0.4) is 0 Å². The fourth-order valence-corrected chi connectivity index (χ4v) is 1.66. The van der Waals surface area contributed by atoms with Crippen LogP contribution in [0.25, 0.3) is 6.08 Å². The van der Waals surface area contributed by atoms with Gasteiger partial charge in [-0.2, -0.15) is 0 Å². The molecule has 0 aliphatic rings. The highest BCUT2D eigenvalue weighted by atomic mass is 16.5. The Labute approximate surface area is 123 Å². The number of carbonyl (C=O) groups excluding carboxylic acids is 1. The Morgan fingerprint density at radius 3 is 2.62 bits per heavy atom. The smallest absolute Gasteiger partial charge is 0.328 e. The van der Waals surface area contributed by atoms with Crippen LogP contribution < -0.4 is 11.1 Å². The Morgan fingerprint density at radius 1 is 1.38 bits per heavy atom. The number of anilines is 1. The van der Waals surface area contributed by atoms with E-state index in [4.69, 9.17) is 15.6 Å². The van der Waals surface area contributed by atoms with Crippen LogP contribution in [0.1, 0.15) is 18.4 Å². The van der Waals surface area contributed by atoms with Gasteiger partial charge in [0.2, 0.25) is 5.91 Å². The molecule has 21 heavy (non-hydrogen) atoms. The van der Waals surface area contributed by atoms with Crippen LogP contribution in [-0.4, -0.2) is 36.7 Å². The van der Waals surface area contributed by atoms with Gasteiger partial charge in [0.1, 0.15) is 0 Å². The van der Waals surface area contributed by atoms with Crippen molar-refractivity contribution in [3.8, 4) is 0 Å². The summed E-state index contributed by atoms with van der Waals surface area (Å²) < 4.78 is 4.91. The third kappa shape index (κ3) is 6.69. The van der Waals surface area contributed by atoms with Gasteiger partial charge in [-0.25, -0.2) is 4.79 Å². The first kappa shape index (κ1) is 16.9. The molecule has 114 valence electrons. The Hall–Kier alpha value is -2.18. The summed E-state index contributed by atoms with van der Waals surface area (Å²) in [7, 11) is 1.60. The molecule has 0 aliphatic heterocycles. The maximum Gasteiger partial charge on any atom is 0.328 e. The van der Waals surface area contributed by atoms with Crippen LogP contribution in [0, 0.1) is 0 Å². The first-order valence-electron chi connectivity index (χ1n) is 6.59. The number of benzene rings is 1. The summed E-state index contributed by atoms with van der Waals surface area (Å²) in [5, 5.41) is 11.2. The number of carboxylic acid groups (broad SMARTS) is 1. The second-order valence-corrected chi connectivity index (χ2v) is 4.52. The summed E-state index contributed by atoms with van der Waals surface area (Å²) in [6, 6.07) is 6.24. The largest absolute Gasteiger partial charge is 0.478 e. The molecule has 0 fully saturated rings. The molecule has 0 bridgehead atoms. The number of ether oxygens (including phenoxy) is 1. The van der Waals surface area contributed by atoms with Gasteiger partial charge in [-0.15, -0.1) is 0 Å². The molecule has 1 amide bonds. The molecule has 6 heteroatoms. The predicted octanol–water partition coefficient (Wildman–Crippen LogP) is 1.48. The van der Waals surface area contributed by atoms with Crippen LogP contribution >= 0.6 is 0 Å². The molecule has 0 heterocycles. The third-order valence-electron chi connectivity index (χ3n) is 2.80. The number of amides is 1. The third-order valence-corrected chi connectivity index (χ3v) is 2.80. The molecule has 0 aromatic heterocycles. The molecule has 1 rings (SSSR count). The molecular weight excluding hydrogens is 272 g/mol. The summed E-state index contributed by atoms with van der Waals surface area (Å²) in [5.41, 5.74) is 7.13. The van der Waals surface area contributed by atoms with Gasteiger partial charge in [-0.3, -0.25) is 4.79 Å². The quantitative estimate of drug-likeness (QED) is 0.497. The second kappa shape index (κ2) is 8.89. The van der Waals surface area contributed by atoms with Crippen LogP contribution in [0.2, 0.25) is 0 Å². The Bertz CT molecular complexity index is 497. The van der Waals surface area contributed by atoms with Crippen molar-refractivity contribution in [3.63, 3.8) is 0 Å². The molecule has 1 unspecified atom stereocenters. The maximum atomic E-state index is 11.8. The van der Waals surface area contributed by atoms with Gasteiger partial charge >= 0.3 is 5.97 Å². The highest BCUT2D eigenvalue weighted by molar-refractivity contribution is 5.94. The zero-order valence-electron chi connectivity index (χ0n) is 11.9. The molecule has 6 nitrogen and oxygen atoms in total. The first-order valence-corrected chi connectivity index (χ1v) is 6.59. The topological polar surface area (TPSA) is 102 Å². The van der Waals surface area contributed by atoms with E-state index in [9.17, 15) is 9.59 Å². The molecule has 1 aromatic carbocycles. The van der Waals surface area contributed by atoms with Gasteiger partial charge in [0.05, 0.1) is 6.04 Å². The molecule has 0 radical (unpaired) electrons. The molecule has 0 saturated heterocycles. The lowest BCUT2D eigenvalue weighted by atomic mass is 10.1. The van der Waals surface area contributed by atoms with E-state index in [0.29, 0.717) is 18.7 Å². The zero-order chi connectivity index (χ0) is 15.7. The van der Waals surface area contributed by atoms with E-state index in [2.05, 4.69) is 5.32 Å². The number of nitrogens with one attached hydrogen (secondary N) is 1. The van der Waals surface area contributed by atoms with E-state index < -0.39 is 12.0 Å². The first-order chi connectivity index (χ1) is 10.0. The monoisotopic (exact) mass is 292 g/mol. The number of rotatable bonds is 8. The highest BCUT2D eigenvalue weighted by Crippen LogP contribution is 2.11. The number of aliphatic carboxylic acids is 1. The molecule has 1 aromatic rings. The van der Waals surface area contributed by atoms with E-state index in [1.54, 1.807) is 31.4 Å². The van der Waals surface area contributed by atoms with E-state index >= 15 is 0 Å². The average Bonchev–Trinajstić information content (AvgIpc) is 2.46. The zero-order valence-corrected chi connectivity index (χ0v) is 11.9. The Balaban J connectivity index is 2.51. The van der Waals surface area contributed by atoms with E-state index in [0.717, 1.165) is 18.1 Å². The fourth-order valence-electron chi connectivity index (χ4n) is 1.66. The molecule has 0 spiro atoms. The summed E-state index contributed by atoms with van der Waals surface area (Å²) >= 11 is 0. The van der Waals surface area contributed by atoms with E-state index in [-0.39, 0.29) is 5.91 Å². The number of nitrogens with two attached hydrogens (primary N) is 1. The summed E-state index contributed by atoms with van der Waals surface area (Å²) in [6.07, 6.45) is 3.81. The maximum absolute atomic E-state index is 11.8. The molecule has 0 saturated carbocycles. The summed E-state index contributed by atoms with van der Waals surface area (Å²) in [5.74, 6) is -1.26. The number of methoxy groups -OCH3 is 1. The van der Waals surface area contributed by atoms with E-state index in [1.807, 2.05) is 0 Å². The minimum atomic E-state index is -1.01. The highest BCUT2D eigenvalue weighted by Gasteiger charge is 2.12. The van der Waals surface area contributed by atoms with Gasteiger partial charge in [-0.1, -0.05) is 12.1 Å². The average molecular weight is 292 g/mol. The standard InChI is InChI=1S/C15H20N2O4/c1-21-10-2-3-13(16)15(20)17-12-7-4-11(5-8-12)6-9-14(18)19/h4-9,13H,2-3,10,16H2,1H3,(H,17,20)(H,18,19)/b9-6+. The summed E-state index contributed by atoms with van der Waals surface area (Å²) in [6.45, 7) is 0.575. The predicted molar refractivity (Wildman–Crippen MR) is 80.8 cm³/mol. The number of hydrogen-bond donors (Lipinski definition) is 3. The Kier molecular flexibility index (Phi) is 7.14. The fraction of sp³-hybridized carbons (Fsp3) is 0.333. The lowest BCUT2D eigenvalue weighted by Crippen LogP contribution is -2.35. The van der Waals surface area contributed by atoms with Gasteiger partial charge < -0.3 is 20.9 Å². The van der Waals surface area contributed by atoms with Crippen LogP contribution in [0.5, 0.6) is 0 Å². The van der Waals surface area contributed by atoms with Gasteiger partial charge in [-0.05, 0) is 36.6 Å². The van der Waals surface area contributed by atoms with Crippen molar-refractivity contribution in [1.29, 1.82) is 0 Å². The molecule has 4 N–H and O–H groups in total. The van der Waals surface area contributed by atoms with Crippen molar-refractivity contribution in [2.45, 2.75) is 18.9 Å². The SMILES string of the molecule is COCCCC(N)C(=O)Nc1ccc(/C=C/C(=O)O)cc1. The molecular formula is C15H20N2O4. The number of carbonyl (C=O) groups is 2. The van der Waals surface area contributed by atoms with Crippen LogP contribution in [-0.2, 0) is 14.3 Å². The van der Waals surface area contributed by atoms with Gasteiger partial charge in [0, 0.05) is 25.5 Å². The van der Waals surface area contributed by atoms with Crippen molar-refractivity contribution < 1.29 is 19.4 Å². The number of carboxylic acids is 1. The Morgan fingerprint density at radius 2 is 2.05 bits per heavy atom. The molecule has 0 aliphatic carbocycles. The van der Waals surface area contributed by atoms with Crippen molar-refractivity contribution >= 4 is 23.6 Å². The minimum Gasteiger partial charge on any atom is -0.478 e. The summed E-state index contributed by atoms with van der Waals surface area (Å²) in [4.78, 5) is 22.2.